The third-order valence-corrected chi connectivity index (χ3v) is 4.26. The average Bonchev–Trinajstić information content (AvgIpc) is 2.37. The Labute approximate surface area is 114 Å². The molecule has 0 aromatic carbocycles. The number of hydrogen-bond donors (Lipinski definition) is 2. The topological polar surface area (TPSA) is 76.2 Å². The summed E-state index contributed by atoms with van der Waals surface area (Å²) in [5.74, 6) is -0.900. The Kier molecular flexibility index (Phi) is 4.53. The zero-order valence-corrected chi connectivity index (χ0v) is 11.2. The van der Waals surface area contributed by atoms with Crippen LogP contribution in [0.4, 0.5) is 0 Å². The first kappa shape index (κ1) is 14.0. The fraction of sp³-hybridized carbons (Fsp3) is 0.600. The molecule has 19 heavy (non-hydrogen) atoms. The van der Waals surface area contributed by atoms with Gasteiger partial charge < -0.3 is 10.8 Å². The highest BCUT2D eigenvalue weighted by atomic mass is 16.4. The van der Waals surface area contributed by atoms with Crippen LogP contribution in [-0.2, 0) is 10.2 Å². The Balaban J connectivity index is 1.82. The lowest BCUT2D eigenvalue weighted by atomic mass is 9.63. The molecule has 0 amide bonds. The van der Waals surface area contributed by atoms with E-state index < -0.39 is 12.0 Å². The fourth-order valence-electron chi connectivity index (χ4n) is 2.87. The summed E-state index contributed by atoms with van der Waals surface area (Å²) in [5.41, 5.74) is 6.95. The van der Waals surface area contributed by atoms with E-state index in [9.17, 15) is 4.79 Å². The molecule has 0 unspecified atom stereocenters. The molecule has 0 radical (unpaired) electrons. The maximum Gasteiger partial charge on any atom is 0.320 e. The van der Waals surface area contributed by atoms with Crippen molar-refractivity contribution >= 4 is 5.97 Å². The summed E-state index contributed by atoms with van der Waals surface area (Å²) in [4.78, 5) is 15.1. The van der Waals surface area contributed by atoms with Gasteiger partial charge in [-0.15, -0.1) is 0 Å². The Morgan fingerprint density at radius 1 is 1.42 bits per heavy atom. The predicted molar refractivity (Wildman–Crippen MR) is 73.8 cm³/mol. The summed E-state index contributed by atoms with van der Waals surface area (Å²) < 4.78 is 0. The van der Waals surface area contributed by atoms with Gasteiger partial charge in [-0.25, -0.2) is 0 Å². The van der Waals surface area contributed by atoms with E-state index in [0.29, 0.717) is 6.42 Å². The van der Waals surface area contributed by atoms with E-state index >= 15 is 0 Å². The first-order chi connectivity index (χ1) is 9.14. The number of aliphatic carboxylic acids is 1. The van der Waals surface area contributed by atoms with Crippen LogP contribution >= 0.6 is 0 Å². The molecule has 1 aliphatic rings. The average molecular weight is 262 g/mol. The van der Waals surface area contributed by atoms with Crippen molar-refractivity contribution in [3.63, 3.8) is 0 Å². The van der Waals surface area contributed by atoms with Gasteiger partial charge in [0, 0.05) is 17.3 Å². The second-order valence-electron chi connectivity index (χ2n) is 5.54. The van der Waals surface area contributed by atoms with Crippen LogP contribution in [0.5, 0.6) is 0 Å². The molecule has 0 saturated heterocycles. The molecule has 1 heterocycles. The van der Waals surface area contributed by atoms with E-state index in [0.717, 1.165) is 19.3 Å². The summed E-state index contributed by atoms with van der Waals surface area (Å²) in [6.07, 6.45) is 9.09. The van der Waals surface area contributed by atoms with E-state index in [-0.39, 0.29) is 5.41 Å². The number of rotatable bonds is 7. The first-order valence-corrected chi connectivity index (χ1v) is 7.04. The number of carboxylic acid groups (broad SMARTS) is 1. The quantitative estimate of drug-likeness (QED) is 0.740. The standard InChI is InChI=1S/C15H22N2O2/c16-12(14(18)19)6-1-3-8-15(9-5-10-15)13-7-2-4-11-17-13/h2,4,7,11-12H,1,3,5-6,8-10,16H2,(H,18,19)/t12-/m0/s1. The molecular weight excluding hydrogens is 240 g/mol. The molecular formula is C15H22N2O2. The Morgan fingerprint density at radius 3 is 2.74 bits per heavy atom. The van der Waals surface area contributed by atoms with Crippen molar-refractivity contribution in [2.24, 2.45) is 5.73 Å². The van der Waals surface area contributed by atoms with Crippen molar-refractivity contribution in [2.75, 3.05) is 0 Å². The van der Waals surface area contributed by atoms with Crippen molar-refractivity contribution < 1.29 is 9.90 Å². The van der Waals surface area contributed by atoms with E-state index in [1.54, 1.807) is 0 Å². The van der Waals surface area contributed by atoms with Gasteiger partial charge in [0.1, 0.15) is 6.04 Å². The van der Waals surface area contributed by atoms with Crippen molar-refractivity contribution in [1.29, 1.82) is 0 Å². The summed E-state index contributed by atoms with van der Waals surface area (Å²) in [7, 11) is 0. The second kappa shape index (κ2) is 6.15. The molecule has 104 valence electrons. The maximum atomic E-state index is 10.6. The number of pyridine rings is 1. The van der Waals surface area contributed by atoms with Crippen molar-refractivity contribution in [3.8, 4) is 0 Å². The molecule has 2 rings (SSSR count). The number of nitrogens with two attached hydrogens (primary N) is 1. The molecule has 0 spiro atoms. The van der Waals surface area contributed by atoms with Gasteiger partial charge in [-0.3, -0.25) is 9.78 Å². The number of carboxylic acids is 1. The van der Waals surface area contributed by atoms with Crippen LogP contribution in [0.25, 0.3) is 0 Å². The highest BCUT2D eigenvalue weighted by Crippen LogP contribution is 2.46. The molecule has 1 saturated carbocycles. The summed E-state index contributed by atoms with van der Waals surface area (Å²) in [5, 5.41) is 8.74. The van der Waals surface area contributed by atoms with Crippen LogP contribution in [0.3, 0.4) is 0 Å². The van der Waals surface area contributed by atoms with Crippen LogP contribution in [-0.4, -0.2) is 22.1 Å². The van der Waals surface area contributed by atoms with Gasteiger partial charge >= 0.3 is 5.97 Å². The first-order valence-electron chi connectivity index (χ1n) is 7.04. The van der Waals surface area contributed by atoms with Crippen molar-refractivity contribution in [1.82, 2.24) is 4.98 Å². The third kappa shape index (κ3) is 3.32. The van der Waals surface area contributed by atoms with Gasteiger partial charge in [0.05, 0.1) is 0 Å². The van der Waals surface area contributed by atoms with Crippen molar-refractivity contribution in [2.45, 2.75) is 56.4 Å². The van der Waals surface area contributed by atoms with E-state index in [2.05, 4.69) is 11.1 Å². The zero-order chi connectivity index (χ0) is 13.7. The molecule has 0 bridgehead atoms. The van der Waals surface area contributed by atoms with Crippen molar-refractivity contribution in [3.05, 3.63) is 30.1 Å². The van der Waals surface area contributed by atoms with Gasteiger partial charge in [-0.1, -0.05) is 25.3 Å². The minimum Gasteiger partial charge on any atom is -0.480 e. The lowest BCUT2D eigenvalue weighted by molar-refractivity contribution is -0.138. The molecule has 4 heteroatoms. The molecule has 4 nitrogen and oxygen atoms in total. The van der Waals surface area contributed by atoms with E-state index in [1.807, 2.05) is 18.3 Å². The van der Waals surface area contributed by atoms with E-state index in [1.165, 1.54) is 25.0 Å². The predicted octanol–water partition coefficient (Wildman–Crippen LogP) is 2.48. The molecule has 1 aromatic heterocycles. The minimum atomic E-state index is -0.900. The monoisotopic (exact) mass is 262 g/mol. The van der Waals surface area contributed by atoms with Gasteiger partial charge in [0.15, 0.2) is 0 Å². The number of nitrogens with zero attached hydrogens (tertiary/aromatic N) is 1. The lowest BCUT2D eigenvalue weighted by Crippen LogP contribution is -2.35. The number of unbranched alkanes of at least 4 members (excludes halogenated alkanes) is 1. The summed E-state index contributed by atoms with van der Waals surface area (Å²) in [6.45, 7) is 0. The minimum absolute atomic E-state index is 0.245. The Morgan fingerprint density at radius 2 is 2.21 bits per heavy atom. The fourth-order valence-corrected chi connectivity index (χ4v) is 2.87. The van der Waals surface area contributed by atoms with Crippen LogP contribution < -0.4 is 5.73 Å². The molecule has 3 N–H and O–H groups in total. The normalized spacial score (nSPS) is 18.6. The van der Waals surface area contributed by atoms with Gasteiger partial charge in [0.25, 0.3) is 0 Å². The zero-order valence-electron chi connectivity index (χ0n) is 11.2. The largest absolute Gasteiger partial charge is 0.480 e. The molecule has 1 aromatic rings. The second-order valence-corrected chi connectivity index (χ2v) is 5.54. The van der Waals surface area contributed by atoms with Gasteiger partial charge in [0.2, 0.25) is 0 Å². The molecule has 0 aliphatic heterocycles. The van der Waals surface area contributed by atoms with Crippen LogP contribution in [0.1, 0.15) is 50.6 Å². The lowest BCUT2D eigenvalue weighted by Gasteiger charge is -2.41. The number of aromatic nitrogens is 1. The third-order valence-electron chi connectivity index (χ3n) is 4.26. The van der Waals surface area contributed by atoms with Crippen LogP contribution in [0, 0.1) is 0 Å². The van der Waals surface area contributed by atoms with Gasteiger partial charge in [-0.2, -0.15) is 0 Å². The van der Waals surface area contributed by atoms with E-state index in [4.69, 9.17) is 10.8 Å². The summed E-state index contributed by atoms with van der Waals surface area (Å²) >= 11 is 0. The Bertz CT molecular complexity index is 415. The molecule has 1 aliphatic carbocycles. The molecule has 1 atom stereocenters. The molecule has 1 fully saturated rings. The van der Waals surface area contributed by atoms with Gasteiger partial charge in [-0.05, 0) is 37.8 Å². The van der Waals surface area contributed by atoms with Crippen LogP contribution in [0.15, 0.2) is 24.4 Å². The number of hydrogen-bond acceptors (Lipinski definition) is 3. The SMILES string of the molecule is N[C@@H](CCCCC1(c2ccccn2)CCC1)C(=O)O. The smallest absolute Gasteiger partial charge is 0.320 e. The summed E-state index contributed by atoms with van der Waals surface area (Å²) in [6, 6.07) is 5.39. The maximum absolute atomic E-state index is 10.6. The number of carbonyl (C=O) groups is 1. The highest BCUT2D eigenvalue weighted by molar-refractivity contribution is 5.72. The van der Waals surface area contributed by atoms with Crippen LogP contribution in [0.2, 0.25) is 0 Å². The highest BCUT2D eigenvalue weighted by Gasteiger charge is 2.38. The Hall–Kier alpha value is -1.42.